The van der Waals surface area contributed by atoms with Crippen molar-refractivity contribution in [3.63, 3.8) is 0 Å². The molecular weight excluding hydrogens is 450 g/mol. The van der Waals surface area contributed by atoms with Crippen molar-refractivity contribution in [3.05, 3.63) is 47.0 Å². The van der Waals surface area contributed by atoms with Gasteiger partial charge in [-0.15, -0.1) is 0 Å². The number of methoxy groups -OCH3 is 3. The Morgan fingerprint density at radius 3 is 2.38 bits per heavy atom. The van der Waals surface area contributed by atoms with Crippen molar-refractivity contribution in [2.24, 2.45) is 0 Å². The van der Waals surface area contributed by atoms with Crippen LogP contribution in [0.4, 0.5) is 5.13 Å². The van der Waals surface area contributed by atoms with E-state index in [1.54, 1.807) is 50.5 Å². The Morgan fingerprint density at radius 1 is 1.03 bits per heavy atom. The van der Waals surface area contributed by atoms with E-state index in [4.69, 9.17) is 25.8 Å². The summed E-state index contributed by atoms with van der Waals surface area (Å²) in [6, 6.07) is 9.02. The second kappa shape index (κ2) is 10.7. The SMILES string of the molecule is COc1ccc(/C=C/C(=O)N(CCN(C)C)c2nc3c(OC)ccc(Cl)c3s2)cc1OC. The first-order valence-corrected chi connectivity index (χ1v) is 11.1. The molecule has 2 aromatic carbocycles. The Labute approximate surface area is 196 Å². The lowest BCUT2D eigenvalue weighted by atomic mass is 10.2. The number of ether oxygens (including phenoxy) is 3. The topological polar surface area (TPSA) is 64.1 Å². The van der Waals surface area contributed by atoms with Crippen LogP contribution in [0.2, 0.25) is 5.02 Å². The van der Waals surface area contributed by atoms with Crippen molar-refractivity contribution in [1.29, 1.82) is 0 Å². The number of anilines is 1. The number of likely N-dealkylation sites (N-methyl/N-ethyl adjacent to an activating group) is 1. The number of thiazole rings is 1. The highest BCUT2D eigenvalue weighted by Gasteiger charge is 2.20. The summed E-state index contributed by atoms with van der Waals surface area (Å²) in [7, 11) is 8.66. The number of halogens is 1. The zero-order chi connectivity index (χ0) is 23.3. The third-order valence-electron chi connectivity index (χ3n) is 4.76. The highest BCUT2D eigenvalue weighted by molar-refractivity contribution is 7.23. The molecule has 0 aliphatic heterocycles. The molecule has 1 heterocycles. The van der Waals surface area contributed by atoms with Gasteiger partial charge in [0.25, 0.3) is 5.91 Å². The summed E-state index contributed by atoms with van der Waals surface area (Å²) in [6.07, 6.45) is 3.27. The van der Waals surface area contributed by atoms with Gasteiger partial charge >= 0.3 is 0 Å². The number of carbonyl (C=O) groups excluding carboxylic acids is 1. The molecule has 1 amide bonds. The van der Waals surface area contributed by atoms with Gasteiger partial charge in [0.05, 0.1) is 31.1 Å². The van der Waals surface area contributed by atoms with Crippen LogP contribution in [0, 0.1) is 0 Å². The summed E-state index contributed by atoms with van der Waals surface area (Å²) in [6.45, 7) is 1.15. The standard InChI is InChI=1S/C23H26ClN3O4S/c1-26(2)12-13-27(23-25-21-18(30-4)10-8-16(24)22(21)32-23)20(28)11-7-15-6-9-17(29-3)19(14-15)31-5/h6-11,14H,12-13H2,1-5H3/b11-7+. The van der Waals surface area contributed by atoms with Crippen LogP contribution in [0.1, 0.15) is 5.56 Å². The average molecular weight is 476 g/mol. The molecule has 0 unspecified atom stereocenters. The Balaban J connectivity index is 1.93. The Morgan fingerprint density at radius 2 is 1.72 bits per heavy atom. The van der Waals surface area contributed by atoms with Crippen LogP contribution in [0.15, 0.2) is 36.4 Å². The smallest absolute Gasteiger partial charge is 0.252 e. The Hall–Kier alpha value is -2.81. The zero-order valence-corrected chi connectivity index (χ0v) is 20.3. The van der Waals surface area contributed by atoms with Gasteiger partial charge in [0.15, 0.2) is 16.6 Å². The van der Waals surface area contributed by atoms with Crippen LogP contribution in [0.3, 0.4) is 0 Å². The molecule has 0 aliphatic rings. The number of rotatable bonds is 9. The van der Waals surface area contributed by atoms with Crippen molar-refractivity contribution in [3.8, 4) is 17.2 Å². The van der Waals surface area contributed by atoms with E-state index in [9.17, 15) is 4.79 Å². The van der Waals surface area contributed by atoms with E-state index >= 15 is 0 Å². The maximum atomic E-state index is 13.2. The maximum absolute atomic E-state index is 13.2. The predicted molar refractivity (Wildman–Crippen MR) is 131 cm³/mol. The molecule has 0 atom stereocenters. The molecular formula is C23H26ClN3O4S. The molecule has 1 aromatic heterocycles. The lowest BCUT2D eigenvalue weighted by Crippen LogP contribution is -2.35. The van der Waals surface area contributed by atoms with Gasteiger partial charge in [-0.1, -0.05) is 29.0 Å². The van der Waals surface area contributed by atoms with Gasteiger partial charge in [-0.2, -0.15) is 0 Å². The number of amides is 1. The molecule has 0 saturated heterocycles. The summed E-state index contributed by atoms with van der Waals surface area (Å²) < 4.78 is 16.8. The van der Waals surface area contributed by atoms with Crippen molar-refractivity contribution >= 4 is 50.3 Å². The van der Waals surface area contributed by atoms with Gasteiger partial charge in [-0.25, -0.2) is 4.98 Å². The van der Waals surface area contributed by atoms with Gasteiger partial charge in [0.2, 0.25) is 0 Å². The molecule has 7 nitrogen and oxygen atoms in total. The summed E-state index contributed by atoms with van der Waals surface area (Å²) in [4.78, 5) is 21.5. The second-order valence-electron chi connectivity index (χ2n) is 7.16. The number of hydrogen-bond donors (Lipinski definition) is 0. The number of carbonyl (C=O) groups is 1. The molecule has 170 valence electrons. The lowest BCUT2D eigenvalue weighted by molar-refractivity contribution is -0.114. The number of aromatic nitrogens is 1. The Kier molecular flexibility index (Phi) is 7.95. The Bertz CT molecular complexity index is 1130. The summed E-state index contributed by atoms with van der Waals surface area (Å²) in [5.74, 6) is 1.66. The van der Waals surface area contributed by atoms with E-state index in [-0.39, 0.29) is 5.91 Å². The van der Waals surface area contributed by atoms with Crippen molar-refractivity contribution in [2.45, 2.75) is 0 Å². The molecule has 9 heteroatoms. The minimum Gasteiger partial charge on any atom is -0.494 e. The van der Waals surface area contributed by atoms with E-state index in [0.29, 0.717) is 46.0 Å². The number of benzene rings is 2. The van der Waals surface area contributed by atoms with E-state index < -0.39 is 0 Å². The van der Waals surface area contributed by atoms with Gasteiger partial charge in [-0.3, -0.25) is 9.69 Å². The highest BCUT2D eigenvalue weighted by Crippen LogP contribution is 2.38. The quantitative estimate of drug-likeness (QED) is 0.422. The summed E-state index contributed by atoms with van der Waals surface area (Å²) in [5, 5.41) is 1.14. The molecule has 0 aliphatic carbocycles. The van der Waals surface area contributed by atoms with Gasteiger partial charge in [-0.05, 0) is 50.0 Å². The minimum absolute atomic E-state index is 0.184. The zero-order valence-electron chi connectivity index (χ0n) is 18.7. The van der Waals surface area contributed by atoms with Gasteiger partial charge in [0.1, 0.15) is 11.3 Å². The maximum Gasteiger partial charge on any atom is 0.252 e. The number of hydrogen-bond acceptors (Lipinski definition) is 7. The minimum atomic E-state index is -0.184. The fourth-order valence-electron chi connectivity index (χ4n) is 3.04. The van der Waals surface area contributed by atoms with Crippen molar-refractivity contribution < 1.29 is 19.0 Å². The molecule has 3 aromatic rings. The molecule has 32 heavy (non-hydrogen) atoms. The van der Waals surface area contributed by atoms with E-state index in [1.807, 2.05) is 31.1 Å². The third kappa shape index (κ3) is 5.32. The molecule has 0 radical (unpaired) electrons. The van der Waals surface area contributed by atoms with Crippen LogP contribution < -0.4 is 19.1 Å². The second-order valence-corrected chi connectivity index (χ2v) is 8.55. The first-order chi connectivity index (χ1) is 15.4. The fraction of sp³-hybridized carbons (Fsp3) is 0.304. The number of nitrogens with zero attached hydrogens (tertiary/aromatic N) is 3. The average Bonchev–Trinajstić information content (AvgIpc) is 3.23. The molecule has 0 bridgehead atoms. The molecule has 0 fully saturated rings. The summed E-state index contributed by atoms with van der Waals surface area (Å²) >= 11 is 7.74. The van der Waals surface area contributed by atoms with Crippen LogP contribution in [-0.2, 0) is 4.79 Å². The first-order valence-electron chi connectivity index (χ1n) is 9.87. The molecule has 3 rings (SSSR count). The van der Waals surface area contributed by atoms with Gasteiger partial charge in [0, 0.05) is 19.2 Å². The van der Waals surface area contributed by atoms with Gasteiger partial charge < -0.3 is 19.1 Å². The normalized spacial score (nSPS) is 11.3. The largest absolute Gasteiger partial charge is 0.494 e. The van der Waals surface area contributed by atoms with Crippen LogP contribution in [-0.4, -0.2) is 64.3 Å². The van der Waals surface area contributed by atoms with E-state index in [0.717, 1.165) is 10.3 Å². The van der Waals surface area contributed by atoms with E-state index in [2.05, 4.69) is 4.98 Å². The van der Waals surface area contributed by atoms with Crippen LogP contribution >= 0.6 is 22.9 Å². The lowest BCUT2D eigenvalue weighted by Gasteiger charge is -2.20. The van der Waals surface area contributed by atoms with Crippen molar-refractivity contribution in [2.75, 3.05) is 53.4 Å². The third-order valence-corrected chi connectivity index (χ3v) is 6.30. The van der Waals surface area contributed by atoms with Crippen molar-refractivity contribution in [1.82, 2.24) is 9.88 Å². The van der Waals surface area contributed by atoms with Crippen LogP contribution in [0.25, 0.3) is 16.3 Å². The monoisotopic (exact) mass is 475 g/mol. The van der Waals surface area contributed by atoms with E-state index in [1.165, 1.54) is 17.4 Å². The predicted octanol–water partition coefficient (Wildman–Crippen LogP) is 4.58. The van der Waals surface area contributed by atoms with Crippen LogP contribution in [0.5, 0.6) is 17.2 Å². The molecule has 0 saturated carbocycles. The summed E-state index contributed by atoms with van der Waals surface area (Å²) in [5.41, 5.74) is 1.46. The number of fused-ring (bicyclic) bond motifs is 1. The molecule has 0 N–H and O–H groups in total. The fourth-order valence-corrected chi connectivity index (χ4v) is 4.32. The first kappa shape index (κ1) is 23.8. The highest BCUT2D eigenvalue weighted by atomic mass is 35.5. The molecule has 0 spiro atoms.